The van der Waals surface area contributed by atoms with E-state index in [1.807, 2.05) is 18.5 Å². The third-order valence-electron chi connectivity index (χ3n) is 3.35. The van der Waals surface area contributed by atoms with E-state index in [0.717, 1.165) is 43.3 Å². The Kier molecular flexibility index (Phi) is 5.62. The van der Waals surface area contributed by atoms with Crippen LogP contribution in [0.4, 0.5) is 0 Å². The first-order valence-corrected chi connectivity index (χ1v) is 7.60. The molecule has 0 amide bonds. The SMILES string of the molecule is CCCn1ccnc1Cc1cc(Cl)ccc1CNCC. The number of hydrogen-bond acceptors (Lipinski definition) is 2. The van der Waals surface area contributed by atoms with Crippen LogP contribution in [0.15, 0.2) is 30.6 Å². The van der Waals surface area contributed by atoms with Crippen LogP contribution in [-0.2, 0) is 19.5 Å². The first kappa shape index (κ1) is 15.1. The zero-order valence-corrected chi connectivity index (χ0v) is 13.0. The van der Waals surface area contributed by atoms with Crippen molar-refractivity contribution >= 4 is 11.6 Å². The number of aromatic nitrogens is 2. The van der Waals surface area contributed by atoms with Gasteiger partial charge in [-0.15, -0.1) is 0 Å². The van der Waals surface area contributed by atoms with Crippen molar-refractivity contribution < 1.29 is 0 Å². The lowest BCUT2D eigenvalue weighted by Crippen LogP contribution is -2.14. The first-order valence-electron chi connectivity index (χ1n) is 7.22. The molecule has 4 heteroatoms. The minimum atomic E-state index is 0.786. The second kappa shape index (κ2) is 7.46. The Balaban J connectivity index is 2.22. The molecule has 0 aliphatic carbocycles. The van der Waals surface area contributed by atoms with Crippen LogP contribution in [0.25, 0.3) is 0 Å². The van der Waals surface area contributed by atoms with Gasteiger partial charge in [0.25, 0.3) is 0 Å². The molecular formula is C16H22ClN3. The minimum absolute atomic E-state index is 0.786. The molecule has 0 bridgehead atoms. The monoisotopic (exact) mass is 291 g/mol. The topological polar surface area (TPSA) is 29.9 Å². The van der Waals surface area contributed by atoms with E-state index in [0.29, 0.717) is 0 Å². The van der Waals surface area contributed by atoms with Crippen molar-refractivity contribution in [2.24, 2.45) is 0 Å². The summed E-state index contributed by atoms with van der Waals surface area (Å²) >= 11 is 6.14. The maximum absolute atomic E-state index is 6.14. The molecule has 20 heavy (non-hydrogen) atoms. The number of imidazole rings is 1. The van der Waals surface area contributed by atoms with Gasteiger partial charge < -0.3 is 9.88 Å². The van der Waals surface area contributed by atoms with Crippen molar-refractivity contribution in [2.75, 3.05) is 6.54 Å². The van der Waals surface area contributed by atoms with Crippen LogP contribution in [0.3, 0.4) is 0 Å². The lowest BCUT2D eigenvalue weighted by atomic mass is 10.0. The van der Waals surface area contributed by atoms with E-state index in [1.54, 1.807) is 0 Å². The number of nitrogens with zero attached hydrogens (tertiary/aromatic N) is 2. The van der Waals surface area contributed by atoms with Crippen molar-refractivity contribution in [2.45, 2.75) is 39.8 Å². The van der Waals surface area contributed by atoms with Gasteiger partial charge in [0.1, 0.15) is 5.82 Å². The molecule has 0 saturated carbocycles. The zero-order valence-electron chi connectivity index (χ0n) is 12.2. The van der Waals surface area contributed by atoms with Crippen LogP contribution in [0.2, 0.25) is 5.02 Å². The minimum Gasteiger partial charge on any atom is -0.335 e. The molecule has 1 aromatic carbocycles. The van der Waals surface area contributed by atoms with Gasteiger partial charge in [0.05, 0.1) is 0 Å². The molecule has 0 saturated heterocycles. The molecule has 2 aromatic rings. The second-order valence-corrected chi connectivity index (χ2v) is 5.34. The molecule has 3 nitrogen and oxygen atoms in total. The Bertz CT molecular complexity index is 548. The van der Waals surface area contributed by atoms with Crippen LogP contribution in [0.5, 0.6) is 0 Å². The van der Waals surface area contributed by atoms with Crippen LogP contribution >= 0.6 is 11.6 Å². The summed E-state index contributed by atoms with van der Waals surface area (Å²) in [5, 5.41) is 4.16. The fraction of sp³-hybridized carbons (Fsp3) is 0.438. The third-order valence-corrected chi connectivity index (χ3v) is 3.58. The zero-order chi connectivity index (χ0) is 14.4. The molecule has 0 radical (unpaired) electrons. The molecule has 0 spiro atoms. The van der Waals surface area contributed by atoms with Gasteiger partial charge in [0.2, 0.25) is 0 Å². The Hall–Kier alpha value is -1.32. The summed E-state index contributed by atoms with van der Waals surface area (Å²) in [6.45, 7) is 7.14. The van der Waals surface area contributed by atoms with Crippen LogP contribution in [0, 0.1) is 0 Å². The van der Waals surface area contributed by atoms with Crippen molar-refractivity contribution in [1.29, 1.82) is 0 Å². The van der Waals surface area contributed by atoms with Gasteiger partial charge in [-0.1, -0.05) is 31.5 Å². The van der Waals surface area contributed by atoms with Gasteiger partial charge in [-0.25, -0.2) is 4.98 Å². The van der Waals surface area contributed by atoms with E-state index in [1.165, 1.54) is 11.1 Å². The highest BCUT2D eigenvalue weighted by molar-refractivity contribution is 6.30. The molecule has 0 atom stereocenters. The van der Waals surface area contributed by atoms with E-state index in [-0.39, 0.29) is 0 Å². The maximum Gasteiger partial charge on any atom is 0.113 e. The lowest BCUT2D eigenvalue weighted by molar-refractivity contribution is 0.644. The predicted octanol–water partition coefficient (Wildman–Crippen LogP) is 3.65. The summed E-state index contributed by atoms with van der Waals surface area (Å²) in [6, 6.07) is 6.11. The van der Waals surface area contributed by atoms with Crippen LogP contribution < -0.4 is 5.32 Å². The number of hydrogen-bond donors (Lipinski definition) is 1. The van der Waals surface area contributed by atoms with Crippen molar-refractivity contribution in [3.05, 3.63) is 52.6 Å². The second-order valence-electron chi connectivity index (χ2n) is 4.91. The highest BCUT2D eigenvalue weighted by Gasteiger charge is 2.08. The van der Waals surface area contributed by atoms with Gasteiger partial charge in [0, 0.05) is 36.9 Å². The van der Waals surface area contributed by atoms with Crippen molar-refractivity contribution in [3.8, 4) is 0 Å². The summed E-state index contributed by atoms with van der Waals surface area (Å²) < 4.78 is 2.22. The maximum atomic E-state index is 6.14. The van der Waals surface area contributed by atoms with Gasteiger partial charge in [-0.05, 0) is 36.2 Å². The smallest absolute Gasteiger partial charge is 0.113 e. The van der Waals surface area contributed by atoms with Gasteiger partial charge >= 0.3 is 0 Å². The molecule has 1 heterocycles. The highest BCUT2D eigenvalue weighted by Crippen LogP contribution is 2.19. The lowest BCUT2D eigenvalue weighted by Gasteiger charge is -2.12. The quantitative estimate of drug-likeness (QED) is 0.844. The summed E-state index contributed by atoms with van der Waals surface area (Å²) in [6.07, 6.45) is 5.87. The van der Waals surface area contributed by atoms with E-state index >= 15 is 0 Å². The summed E-state index contributed by atoms with van der Waals surface area (Å²) in [5.74, 6) is 1.10. The van der Waals surface area contributed by atoms with Crippen LogP contribution in [0.1, 0.15) is 37.2 Å². The molecular weight excluding hydrogens is 270 g/mol. The third kappa shape index (κ3) is 3.84. The number of aryl methyl sites for hydroxylation is 1. The molecule has 0 unspecified atom stereocenters. The normalized spacial score (nSPS) is 10.9. The molecule has 2 rings (SSSR count). The summed E-state index contributed by atoms with van der Waals surface area (Å²) in [4.78, 5) is 4.48. The summed E-state index contributed by atoms with van der Waals surface area (Å²) in [5.41, 5.74) is 2.55. The van der Waals surface area contributed by atoms with E-state index in [9.17, 15) is 0 Å². The predicted molar refractivity (Wildman–Crippen MR) is 84.2 cm³/mol. The Morgan fingerprint density at radius 3 is 2.85 bits per heavy atom. The molecule has 0 aliphatic rings. The molecule has 108 valence electrons. The number of nitrogens with one attached hydrogen (secondary N) is 1. The number of rotatable bonds is 7. The largest absolute Gasteiger partial charge is 0.335 e. The fourth-order valence-corrected chi connectivity index (χ4v) is 2.51. The van der Waals surface area contributed by atoms with Crippen molar-refractivity contribution in [1.82, 2.24) is 14.9 Å². The van der Waals surface area contributed by atoms with E-state index < -0.39 is 0 Å². The van der Waals surface area contributed by atoms with Gasteiger partial charge in [-0.3, -0.25) is 0 Å². The molecule has 0 fully saturated rings. The highest BCUT2D eigenvalue weighted by atomic mass is 35.5. The van der Waals surface area contributed by atoms with Gasteiger partial charge in [0.15, 0.2) is 0 Å². The fourth-order valence-electron chi connectivity index (χ4n) is 2.31. The van der Waals surface area contributed by atoms with E-state index in [4.69, 9.17) is 11.6 Å². The Labute approximate surface area is 126 Å². The average Bonchev–Trinajstić information content (AvgIpc) is 2.86. The molecule has 0 aliphatic heterocycles. The first-order chi connectivity index (χ1) is 9.74. The van der Waals surface area contributed by atoms with Crippen LogP contribution in [-0.4, -0.2) is 16.1 Å². The van der Waals surface area contributed by atoms with E-state index in [2.05, 4.69) is 40.8 Å². The Morgan fingerprint density at radius 1 is 1.25 bits per heavy atom. The average molecular weight is 292 g/mol. The number of benzene rings is 1. The summed E-state index contributed by atoms with van der Waals surface area (Å²) in [7, 11) is 0. The standard InChI is InChI=1S/C16H22ClN3/c1-3-8-20-9-7-19-16(20)11-14-10-15(17)6-5-13(14)12-18-4-2/h5-7,9-10,18H,3-4,8,11-12H2,1-2H3. The van der Waals surface area contributed by atoms with Crippen molar-refractivity contribution in [3.63, 3.8) is 0 Å². The number of halogens is 1. The Morgan fingerprint density at radius 2 is 2.10 bits per heavy atom. The van der Waals surface area contributed by atoms with Gasteiger partial charge in [-0.2, -0.15) is 0 Å². The molecule has 1 aromatic heterocycles. The molecule has 1 N–H and O–H groups in total.